The molecule has 0 atom stereocenters. The second-order valence-electron chi connectivity index (χ2n) is 7.63. The van der Waals surface area contributed by atoms with E-state index in [0.717, 1.165) is 41.2 Å². The quantitative estimate of drug-likeness (QED) is 0.567. The van der Waals surface area contributed by atoms with Crippen molar-refractivity contribution in [1.29, 1.82) is 0 Å². The van der Waals surface area contributed by atoms with E-state index in [0.29, 0.717) is 11.5 Å². The van der Waals surface area contributed by atoms with Gasteiger partial charge in [0.25, 0.3) is 0 Å². The van der Waals surface area contributed by atoms with E-state index in [2.05, 4.69) is 34.6 Å². The summed E-state index contributed by atoms with van der Waals surface area (Å²) < 4.78 is 11.0. The molecule has 0 aliphatic carbocycles. The third kappa shape index (κ3) is 5.35. The number of halogens is 1. The molecule has 172 valence electrons. The summed E-state index contributed by atoms with van der Waals surface area (Å²) in [7, 11) is 4.95. The molecule has 0 aromatic heterocycles. The number of fused-ring (bicyclic) bond motifs is 1. The second-order valence-corrected chi connectivity index (χ2v) is 7.63. The van der Waals surface area contributed by atoms with Gasteiger partial charge in [0, 0.05) is 37.3 Å². The summed E-state index contributed by atoms with van der Waals surface area (Å²) in [5.41, 5.74) is 5.70. The topological polar surface area (TPSA) is 63.2 Å². The zero-order valence-corrected chi connectivity index (χ0v) is 19.8. The molecule has 0 saturated carbocycles. The van der Waals surface area contributed by atoms with Crippen molar-refractivity contribution in [3.8, 4) is 11.5 Å². The van der Waals surface area contributed by atoms with Crippen LogP contribution in [0.4, 0.5) is 5.69 Å². The minimum atomic E-state index is -0.0749. The zero-order valence-electron chi connectivity index (χ0n) is 19.0. The fourth-order valence-electron chi connectivity index (χ4n) is 3.83. The van der Waals surface area contributed by atoms with E-state index in [1.54, 1.807) is 26.2 Å². The Morgan fingerprint density at radius 2 is 1.58 bits per heavy atom. The Bertz CT molecular complexity index is 1150. The highest BCUT2D eigenvalue weighted by atomic mass is 35.5. The standard InChI is InChI=1S/C26H27N3O3.ClH/c1-29-22-14-24(32-3)23(31-2)13-21(22)26(28-17-25(29)30)20-11-7-10-19(12-20)16-27-15-18-8-5-4-6-9-18;/h4-14,27H,15-17H2,1-3H3;1H. The molecule has 3 aromatic carbocycles. The summed E-state index contributed by atoms with van der Waals surface area (Å²) in [6.07, 6.45) is 0. The van der Waals surface area contributed by atoms with Crippen molar-refractivity contribution in [3.63, 3.8) is 0 Å². The smallest absolute Gasteiger partial charge is 0.248 e. The van der Waals surface area contributed by atoms with E-state index < -0.39 is 0 Å². The Morgan fingerprint density at radius 3 is 2.30 bits per heavy atom. The molecule has 1 aliphatic rings. The maximum atomic E-state index is 12.6. The third-order valence-corrected chi connectivity index (χ3v) is 5.57. The number of hydrogen-bond donors (Lipinski definition) is 1. The van der Waals surface area contributed by atoms with Gasteiger partial charge in [-0.25, -0.2) is 0 Å². The van der Waals surface area contributed by atoms with Crippen LogP contribution in [0.1, 0.15) is 22.3 Å². The number of hydrogen-bond acceptors (Lipinski definition) is 5. The highest BCUT2D eigenvalue weighted by Gasteiger charge is 2.25. The van der Waals surface area contributed by atoms with Crippen LogP contribution in [0.25, 0.3) is 0 Å². The summed E-state index contributed by atoms with van der Waals surface area (Å²) >= 11 is 0. The lowest BCUT2D eigenvalue weighted by molar-refractivity contribution is -0.116. The number of methoxy groups -OCH3 is 2. The number of benzodiazepines with no additional fused rings is 1. The second kappa shape index (κ2) is 11.0. The van der Waals surface area contributed by atoms with Crippen LogP contribution >= 0.6 is 12.4 Å². The van der Waals surface area contributed by atoms with Crippen LogP contribution in [0.3, 0.4) is 0 Å². The highest BCUT2D eigenvalue weighted by Crippen LogP contribution is 2.37. The molecular formula is C26H28ClN3O3. The average Bonchev–Trinajstić information content (AvgIpc) is 2.95. The first kappa shape index (κ1) is 24.3. The van der Waals surface area contributed by atoms with Crippen molar-refractivity contribution in [2.45, 2.75) is 13.1 Å². The van der Waals surface area contributed by atoms with E-state index >= 15 is 0 Å². The lowest BCUT2D eigenvalue weighted by atomic mass is 9.98. The fraction of sp³-hybridized carbons (Fsp3) is 0.231. The van der Waals surface area contributed by atoms with Gasteiger partial charge >= 0.3 is 0 Å². The Kier molecular flexibility index (Phi) is 8.09. The first-order valence-electron chi connectivity index (χ1n) is 10.5. The number of amides is 1. The van der Waals surface area contributed by atoms with Crippen LogP contribution in [-0.2, 0) is 17.9 Å². The lowest BCUT2D eigenvalue weighted by Gasteiger charge is -2.20. The summed E-state index contributed by atoms with van der Waals surface area (Å²) in [5.74, 6) is 1.10. The van der Waals surface area contributed by atoms with Crippen LogP contribution in [0, 0.1) is 0 Å². The summed E-state index contributed by atoms with van der Waals surface area (Å²) in [5, 5.41) is 3.49. The molecule has 0 fully saturated rings. The maximum Gasteiger partial charge on any atom is 0.248 e. The molecule has 7 heteroatoms. The molecule has 1 aliphatic heterocycles. The fourth-order valence-corrected chi connectivity index (χ4v) is 3.83. The van der Waals surface area contributed by atoms with Crippen molar-refractivity contribution < 1.29 is 14.3 Å². The molecule has 0 radical (unpaired) electrons. The van der Waals surface area contributed by atoms with Gasteiger partial charge in [-0.3, -0.25) is 9.79 Å². The van der Waals surface area contributed by atoms with Gasteiger partial charge in [-0.1, -0.05) is 48.5 Å². The molecule has 1 N–H and O–H groups in total. The van der Waals surface area contributed by atoms with Gasteiger partial charge in [-0.2, -0.15) is 0 Å². The van der Waals surface area contributed by atoms with E-state index in [1.165, 1.54) is 5.56 Å². The van der Waals surface area contributed by atoms with Crippen LogP contribution in [-0.4, -0.2) is 39.4 Å². The third-order valence-electron chi connectivity index (χ3n) is 5.57. The Labute approximate surface area is 200 Å². The molecule has 1 heterocycles. The van der Waals surface area contributed by atoms with Gasteiger partial charge in [0.1, 0.15) is 6.54 Å². The predicted octanol–water partition coefficient (Wildman–Crippen LogP) is 4.23. The molecular weight excluding hydrogens is 438 g/mol. The van der Waals surface area contributed by atoms with Crippen molar-refractivity contribution in [1.82, 2.24) is 5.32 Å². The van der Waals surface area contributed by atoms with Crippen molar-refractivity contribution in [3.05, 3.63) is 89.0 Å². The Hall–Kier alpha value is -3.35. The molecule has 1 amide bonds. The van der Waals surface area contributed by atoms with Gasteiger partial charge in [0.05, 0.1) is 25.6 Å². The van der Waals surface area contributed by atoms with Crippen LogP contribution < -0.4 is 19.7 Å². The minimum Gasteiger partial charge on any atom is -0.493 e. The number of rotatable bonds is 7. The molecule has 6 nitrogen and oxygen atoms in total. The lowest BCUT2D eigenvalue weighted by Crippen LogP contribution is -2.27. The maximum absolute atomic E-state index is 12.6. The minimum absolute atomic E-state index is 0. The van der Waals surface area contributed by atoms with Gasteiger partial charge in [0.15, 0.2) is 11.5 Å². The number of nitrogens with zero attached hydrogens (tertiary/aromatic N) is 2. The van der Waals surface area contributed by atoms with E-state index in [9.17, 15) is 4.79 Å². The molecule has 0 unspecified atom stereocenters. The van der Waals surface area contributed by atoms with Gasteiger partial charge in [0.2, 0.25) is 5.91 Å². The molecule has 3 aromatic rings. The van der Waals surface area contributed by atoms with Crippen molar-refractivity contribution in [2.24, 2.45) is 4.99 Å². The number of carbonyl (C=O) groups is 1. The monoisotopic (exact) mass is 465 g/mol. The molecule has 0 spiro atoms. The molecule has 4 rings (SSSR count). The van der Waals surface area contributed by atoms with Crippen molar-refractivity contribution in [2.75, 3.05) is 32.7 Å². The van der Waals surface area contributed by atoms with E-state index in [-0.39, 0.29) is 24.9 Å². The van der Waals surface area contributed by atoms with E-state index in [4.69, 9.17) is 9.47 Å². The molecule has 0 bridgehead atoms. The van der Waals surface area contributed by atoms with E-state index in [1.807, 2.05) is 42.5 Å². The number of ether oxygens (including phenoxy) is 2. The first-order valence-corrected chi connectivity index (χ1v) is 10.5. The zero-order chi connectivity index (χ0) is 22.5. The number of benzene rings is 3. The summed E-state index contributed by atoms with van der Waals surface area (Å²) in [6, 6.07) is 22.3. The predicted molar refractivity (Wildman–Crippen MR) is 134 cm³/mol. The molecule has 33 heavy (non-hydrogen) atoms. The number of carbonyl (C=O) groups excluding carboxylic acids is 1. The Balaban J connectivity index is 0.00000306. The number of anilines is 1. The van der Waals surface area contributed by atoms with Crippen LogP contribution in [0.2, 0.25) is 0 Å². The van der Waals surface area contributed by atoms with Gasteiger partial charge < -0.3 is 19.7 Å². The average molecular weight is 466 g/mol. The number of likely N-dealkylation sites (N-methyl/N-ethyl adjacent to an activating group) is 1. The summed E-state index contributed by atoms with van der Waals surface area (Å²) in [4.78, 5) is 18.9. The SMILES string of the molecule is COc1cc2c(cc1OC)N(C)C(=O)CN=C2c1cccc(CNCc2ccccc2)c1.Cl. The van der Waals surface area contributed by atoms with Crippen LogP contribution in [0.5, 0.6) is 11.5 Å². The number of aliphatic imine (C=N–C) groups is 1. The Morgan fingerprint density at radius 1 is 0.909 bits per heavy atom. The number of nitrogens with one attached hydrogen (secondary N) is 1. The highest BCUT2D eigenvalue weighted by molar-refractivity contribution is 6.20. The van der Waals surface area contributed by atoms with Crippen molar-refractivity contribution >= 4 is 29.7 Å². The van der Waals surface area contributed by atoms with Gasteiger partial charge in [-0.05, 0) is 23.3 Å². The molecule has 0 saturated heterocycles. The largest absolute Gasteiger partial charge is 0.493 e. The first-order chi connectivity index (χ1) is 15.6. The normalized spacial score (nSPS) is 12.9. The summed E-state index contributed by atoms with van der Waals surface area (Å²) in [6.45, 7) is 1.61. The van der Waals surface area contributed by atoms with Crippen LogP contribution in [0.15, 0.2) is 71.7 Å². The van der Waals surface area contributed by atoms with Gasteiger partial charge in [-0.15, -0.1) is 12.4 Å².